The Balaban J connectivity index is 1.67. The van der Waals surface area contributed by atoms with Gasteiger partial charge in [-0.15, -0.1) is 0 Å². The molecular weight excluding hydrogens is 446 g/mol. The van der Waals surface area contributed by atoms with Gasteiger partial charge in [-0.05, 0) is 49.4 Å². The summed E-state index contributed by atoms with van der Waals surface area (Å²) < 4.78 is 11.7. The number of nitrogens with zero attached hydrogens (tertiary/aromatic N) is 3. The number of carbonyl (C=O) groups excluding carboxylic acids is 2. The number of rotatable bonds is 8. The third-order valence-electron chi connectivity index (χ3n) is 6.96. The van der Waals surface area contributed by atoms with Crippen LogP contribution in [0.4, 0.5) is 0 Å². The number of ether oxygens (including phenoxy) is 2. The summed E-state index contributed by atoms with van der Waals surface area (Å²) in [6.07, 6.45) is 4.16. The monoisotopic (exact) mass is 481 g/mol. The van der Waals surface area contributed by atoms with Crippen LogP contribution < -0.4 is 9.47 Å². The molecule has 188 valence electrons. The van der Waals surface area contributed by atoms with Crippen molar-refractivity contribution < 1.29 is 24.2 Å². The van der Waals surface area contributed by atoms with Gasteiger partial charge in [0.05, 0.1) is 26.3 Å². The van der Waals surface area contributed by atoms with Crippen LogP contribution in [0.5, 0.6) is 11.6 Å². The number of likely N-dealkylation sites (N-methyl/N-ethyl adjacent to an activating group) is 1. The topological polar surface area (TPSA) is 92.2 Å². The summed E-state index contributed by atoms with van der Waals surface area (Å²) >= 11 is 0. The number of benzene rings is 1. The highest BCUT2D eigenvalue weighted by atomic mass is 16.5. The minimum atomic E-state index is -0.369. The number of pyridine rings is 1. The second-order valence-corrected chi connectivity index (χ2v) is 9.85. The Morgan fingerprint density at radius 3 is 2.77 bits per heavy atom. The first kappa shape index (κ1) is 25.0. The Hall–Kier alpha value is -3.13. The lowest BCUT2D eigenvalue weighted by Gasteiger charge is -2.37. The highest BCUT2D eigenvalue weighted by Gasteiger charge is 2.35. The number of methoxy groups -OCH3 is 1. The fourth-order valence-corrected chi connectivity index (χ4v) is 4.38. The quantitative estimate of drug-likeness (QED) is 0.622. The summed E-state index contributed by atoms with van der Waals surface area (Å²) in [5.74, 6) is 1.27. The molecule has 0 unspecified atom stereocenters. The fourth-order valence-electron chi connectivity index (χ4n) is 4.38. The summed E-state index contributed by atoms with van der Waals surface area (Å²) in [7, 11) is 3.41. The molecule has 0 bridgehead atoms. The van der Waals surface area contributed by atoms with E-state index in [2.05, 4.69) is 4.98 Å². The van der Waals surface area contributed by atoms with Crippen molar-refractivity contribution in [3.63, 3.8) is 0 Å². The van der Waals surface area contributed by atoms with E-state index in [-0.39, 0.29) is 42.4 Å². The predicted molar refractivity (Wildman–Crippen MR) is 132 cm³/mol. The molecule has 4 rings (SSSR count). The SMILES string of the molecule is COc1cccc(-c2cnc3c(c2)C(=O)N([C@H](C)CO)C[C@@H](C)[C@H](CN(C)C(=O)CC2CC2)O3)c1. The first-order valence-electron chi connectivity index (χ1n) is 12.3. The average molecular weight is 482 g/mol. The summed E-state index contributed by atoms with van der Waals surface area (Å²) in [5.41, 5.74) is 1.97. The Bertz CT molecular complexity index is 1070. The first-order chi connectivity index (χ1) is 16.8. The van der Waals surface area contributed by atoms with Gasteiger partial charge in [0.1, 0.15) is 17.4 Å². The largest absolute Gasteiger partial charge is 0.497 e. The van der Waals surface area contributed by atoms with Gasteiger partial charge in [0, 0.05) is 37.7 Å². The maximum Gasteiger partial charge on any atom is 0.259 e. The number of hydrogen-bond donors (Lipinski definition) is 1. The molecular formula is C27H35N3O5. The Morgan fingerprint density at radius 2 is 2.09 bits per heavy atom. The van der Waals surface area contributed by atoms with Gasteiger partial charge >= 0.3 is 0 Å². The van der Waals surface area contributed by atoms with Crippen LogP contribution in [0.1, 0.15) is 43.5 Å². The van der Waals surface area contributed by atoms with Crippen molar-refractivity contribution in [2.45, 2.75) is 45.3 Å². The van der Waals surface area contributed by atoms with E-state index in [0.29, 0.717) is 36.7 Å². The van der Waals surface area contributed by atoms with Crippen LogP contribution in [-0.4, -0.2) is 77.7 Å². The van der Waals surface area contributed by atoms with Crippen molar-refractivity contribution in [3.05, 3.63) is 42.1 Å². The van der Waals surface area contributed by atoms with E-state index in [4.69, 9.17) is 9.47 Å². The molecule has 8 heteroatoms. The van der Waals surface area contributed by atoms with Crippen LogP contribution in [0, 0.1) is 11.8 Å². The molecule has 1 saturated carbocycles. The van der Waals surface area contributed by atoms with Crippen LogP contribution in [0.3, 0.4) is 0 Å². The Kier molecular flexibility index (Phi) is 7.60. The van der Waals surface area contributed by atoms with Crippen LogP contribution in [0.2, 0.25) is 0 Å². The van der Waals surface area contributed by atoms with Gasteiger partial charge in [-0.1, -0.05) is 19.1 Å². The normalized spacial score (nSPS) is 20.8. The zero-order chi connectivity index (χ0) is 25.1. The molecule has 0 spiro atoms. The summed E-state index contributed by atoms with van der Waals surface area (Å²) in [6, 6.07) is 8.97. The van der Waals surface area contributed by atoms with Gasteiger partial charge in [-0.2, -0.15) is 0 Å². The number of aliphatic hydroxyl groups is 1. The maximum absolute atomic E-state index is 13.6. The molecule has 0 radical (unpaired) electrons. The van der Waals surface area contributed by atoms with Crippen molar-refractivity contribution in [2.75, 3.05) is 33.9 Å². The molecule has 2 aromatic rings. The standard InChI is InChI=1S/C27H35N3O5/c1-17-14-30(18(2)16-31)27(33)23-12-21(20-6-5-7-22(11-20)34-4)13-28-26(23)35-24(17)15-29(3)25(32)10-19-8-9-19/h5-7,11-13,17-19,24,31H,8-10,14-16H2,1-4H3/t17-,18-,24+/m1/s1. The predicted octanol–water partition coefficient (Wildman–Crippen LogP) is 3.24. The van der Waals surface area contributed by atoms with Crippen molar-refractivity contribution in [2.24, 2.45) is 11.8 Å². The number of hydrogen-bond acceptors (Lipinski definition) is 6. The van der Waals surface area contributed by atoms with Crippen molar-refractivity contribution >= 4 is 11.8 Å². The van der Waals surface area contributed by atoms with Crippen molar-refractivity contribution in [1.82, 2.24) is 14.8 Å². The average Bonchev–Trinajstić information content (AvgIpc) is 3.69. The highest BCUT2D eigenvalue weighted by Crippen LogP contribution is 2.34. The first-order valence-corrected chi connectivity index (χ1v) is 12.3. The highest BCUT2D eigenvalue weighted by molar-refractivity contribution is 5.98. The Morgan fingerprint density at radius 1 is 1.31 bits per heavy atom. The third kappa shape index (κ3) is 5.75. The van der Waals surface area contributed by atoms with Gasteiger partial charge in [0.25, 0.3) is 5.91 Å². The number of aromatic nitrogens is 1. The lowest BCUT2D eigenvalue weighted by molar-refractivity contribution is -0.131. The van der Waals surface area contributed by atoms with Gasteiger partial charge in [0.2, 0.25) is 11.8 Å². The molecule has 2 heterocycles. The third-order valence-corrected chi connectivity index (χ3v) is 6.96. The summed E-state index contributed by atoms with van der Waals surface area (Å²) in [6.45, 7) is 4.48. The molecule has 2 aliphatic rings. The van der Waals surface area contributed by atoms with E-state index in [1.165, 1.54) is 0 Å². The molecule has 1 N–H and O–H groups in total. The smallest absolute Gasteiger partial charge is 0.259 e. The summed E-state index contributed by atoms with van der Waals surface area (Å²) in [4.78, 5) is 34.2. The van der Waals surface area contributed by atoms with E-state index in [9.17, 15) is 14.7 Å². The maximum atomic E-state index is 13.6. The van der Waals surface area contributed by atoms with Gasteiger partial charge in [0.15, 0.2) is 0 Å². The second kappa shape index (κ2) is 10.6. The zero-order valence-corrected chi connectivity index (χ0v) is 20.9. The minimum Gasteiger partial charge on any atom is -0.497 e. The van der Waals surface area contributed by atoms with E-state index in [1.54, 1.807) is 36.2 Å². The van der Waals surface area contributed by atoms with Crippen molar-refractivity contribution in [1.29, 1.82) is 0 Å². The Labute approximate surface area is 206 Å². The van der Waals surface area contributed by atoms with Crippen LogP contribution in [0.15, 0.2) is 36.5 Å². The fraction of sp³-hybridized carbons (Fsp3) is 0.519. The van der Waals surface area contributed by atoms with Gasteiger partial charge in [-0.3, -0.25) is 9.59 Å². The van der Waals surface area contributed by atoms with Gasteiger partial charge < -0.3 is 24.4 Å². The lowest BCUT2D eigenvalue weighted by atomic mass is 9.99. The number of fused-ring (bicyclic) bond motifs is 1. The van der Waals surface area contributed by atoms with Crippen molar-refractivity contribution in [3.8, 4) is 22.8 Å². The molecule has 1 fully saturated rings. The number of carbonyl (C=O) groups is 2. The summed E-state index contributed by atoms with van der Waals surface area (Å²) in [5, 5.41) is 9.86. The lowest BCUT2D eigenvalue weighted by Crippen LogP contribution is -2.50. The molecule has 1 aromatic carbocycles. The number of amides is 2. The van der Waals surface area contributed by atoms with E-state index >= 15 is 0 Å². The minimum absolute atomic E-state index is 0.0721. The molecule has 0 saturated heterocycles. The van der Waals surface area contributed by atoms with E-state index in [1.807, 2.05) is 38.1 Å². The molecule has 35 heavy (non-hydrogen) atoms. The van der Waals surface area contributed by atoms with Crippen LogP contribution in [-0.2, 0) is 4.79 Å². The second-order valence-electron chi connectivity index (χ2n) is 9.85. The van der Waals surface area contributed by atoms with E-state index in [0.717, 1.165) is 24.0 Å². The van der Waals surface area contributed by atoms with Crippen LogP contribution in [0.25, 0.3) is 11.1 Å². The molecule has 1 aliphatic heterocycles. The molecule has 1 aromatic heterocycles. The van der Waals surface area contributed by atoms with E-state index < -0.39 is 0 Å². The zero-order valence-electron chi connectivity index (χ0n) is 20.9. The number of aliphatic hydroxyl groups excluding tert-OH is 1. The molecule has 3 atom stereocenters. The van der Waals surface area contributed by atoms with Gasteiger partial charge in [-0.25, -0.2) is 4.98 Å². The van der Waals surface area contributed by atoms with Crippen LogP contribution >= 0.6 is 0 Å². The molecule has 8 nitrogen and oxygen atoms in total. The molecule has 2 amide bonds. The molecule has 1 aliphatic carbocycles.